The molecule has 0 aliphatic carbocycles. The fourth-order valence-corrected chi connectivity index (χ4v) is 4.25. The quantitative estimate of drug-likeness (QED) is 0.653. The first-order chi connectivity index (χ1) is 15.1. The van der Waals surface area contributed by atoms with Gasteiger partial charge in [0.05, 0.1) is 20.3 Å². The Kier molecular flexibility index (Phi) is 6.11. The minimum absolute atomic E-state index is 0.00907. The number of aryl methyl sites for hydroxylation is 1. The maximum atomic E-state index is 13.5. The Morgan fingerprint density at radius 1 is 1.16 bits per heavy atom. The molecule has 1 N–H and O–H groups in total. The smallest absolute Gasteiger partial charge is 0.318 e. The van der Waals surface area contributed by atoms with E-state index in [9.17, 15) is 4.79 Å². The number of hydrogen-bond acceptors (Lipinski definition) is 4. The number of aromatic nitrogens is 2. The summed E-state index contributed by atoms with van der Waals surface area (Å²) >= 11 is 0. The highest BCUT2D eigenvalue weighted by Crippen LogP contribution is 2.35. The fraction of sp³-hybridized carbons (Fsp3) is 0.333. The van der Waals surface area contributed by atoms with Crippen LogP contribution in [-0.2, 0) is 7.05 Å². The summed E-state index contributed by atoms with van der Waals surface area (Å²) in [5, 5.41) is 3.21. The maximum Gasteiger partial charge on any atom is 0.318 e. The molecule has 1 fully saturated rings. The van der Waals surface area contributed by atoms with Gasteiger partial charge in [-0.15, -0.1) is 0 Å². The van der Waals surface area contributed by atoms with Crippen molar-refractivity contribution >= 4 is 6.03 Å². The van der Waals surface area contributed by atoms with Crippen molar-refractivity contribution in [3.63, 3.8) is 0 Å². The lowest BCUT2D eigenvalue weighted by Crippen LogP contribution is -2.42. The third kappa shape index (κ3) is 4.21. The number of nitrogens with one attached hydrogen (secondary N) is 1. The second-order valence-corrected chi connectivity index (χ2v) is 7.65. The first-order valence-corrected chi connectivity index (χ1v) is 10.4. The number of carbonyl (C=O) groups excluding carboxylic acids is 1. The zero-order valence-corrected chi connectivity index (χ0v) is 18.1. The van der Waals surface area contributed by atoms with E-state index in [0.717, 1.165) is 35.5 Å². The number of hydrogen-bond donors (Lipinski definition) is 1. The topological polar surface area (TPSA) is 68.6 Å². The molecule has 0 radical (unpaired) electrons. The molecular formula is C24H28N4O3. The molecule has 1 aliphatic rings. The Bertz CT molecular complexity index is 1050. The van der Waals surface area contributed by atoms with Crippen LogP contribution in [0.1, 0.15) is 41.9 Å². The summed E-state index contributed by atoms with van der Waals surface area (Å²) in [6, 6.07) is 15.1. The van der Waals surface area contributed by atoms with Gasteiger partial charge in [0, 0.05) is 31.5 Å². The summed E-state index contributed by atoms with van der Waals surface area (Å²) in [5.41, 5.74) is 1.95. The van der Waals surface area contributed by atoms with Gasteiger partial charge in [0.1, 0.15) is 23.4 Å². The lowest BCUT2D eigenvalue weighted by molar-refractivity contribution is 0.189. The fourth-order valence-electron chi connectivity index (χ4n) is 4.25. The normalized spacial score (nSPS) is 16.7. The second kappa shape index (κ2) is 9.12. The number of benzene rings is 2. The van der Waals surface area contributed by atoms with Gasteiger partial charge in [-0.05, 0) is 36.6 Å². The van der Waals surface area contributed by atoms with Gasteiger partial charge in [-0.3, -0.25) is 0 Å². The Labute approximate surface area is 182 Å². The number of imidazole rings is 1. The highest BCUT2D eigenvalue weighted by Gasteiger charge is 2.33. The summed E-state index contributed by atoms with van der Waals surface area (Å²) in [7, 11) is 5.21. The lowest BCUT2D eigenvalue weighted by atomic mass is 10.0. The molecule has 2 heterocycles. The molecule has 2 unspecified atom stereocenters. The zero-order valence-electron chi connectivity index (χ0n) is 18.1. The lowest BCUT2D eigenvalue weighted by Gasteiger charge is -2.29. The average molecular weight is 421 g/mol. The maximum absolute atomic E-state index is 13.5. The molecule has 2 amide bonds. The van der Waals surface area contributed by atoms with Crippen LogP contribution in [0, 0.1) is 0 Å². The predicted octanol–water partition coefficient (Wildman–Crippen LogP) is 4.07. The van der Waals surface area contributed by atoms with Gasteiger partial charge in [0.15, 0.2) is 0 Å². The Hall–Kier alpha value is -3.48. The van der Waals surface area contributed by atoms with E-state index in [-0.39, 0.29) is 12.1 Å². The zero-order chi connectivity index (χ0) is 21.8. The first kappa shape index (κ1) is 20.8. The third-order valence-corrected chi connectivity index (χ3v) is 5.83. The summed E-state index contributed by atoms with van der Waals surface area (Å²) in [4.78, 5) is 19.9. The van der Waals surface area contributed by atoms with E-state index < -0.39 is 6.04 Å². The molecule has 4 rings (SSSR count). The van der Waals surface area contributed by atoms with Crippen LogP contribution in [0.25, 0.3) is 0 Å². The Morgan fingerprint density at radius 3 is 2.74 bits per heavy atom. The van der Waals surface area contributed by atoms with Crippen molar-refractivity contribution in [3.8, 4) is 11.5 Å². The predicted molar refractivity (Wildman–Crippen MR) is 118 cm³/mol. The van der Waals surface area contributed by atoms with Crippen LogP contribution in [0.3, 0.4) is 0 Å². The van der Waals surface area contributed by atoms with Gasteiger partial charge >= 0.3 is 6.03 Å². The van der Waals surface area contributed by atoms with Gasteiger partial charge < -0.3 is 24.3 Å². The van der Waals surface area contributed by atoms with Crippen LogP contribution in [0.15, 0.2) is 60.9 Å². The highest BCUT2D eigenvalue weighted by atomic mass is 16.5. The summed E-state index contributed by atoms with van der Waals surface area (Å²) < 4.78 is 12.9. The van der Waals surface area contributed by atoms with E-state index in [0.29, 0.717) is 12.3 Å². The van der Waals surface area contributed by atoms with E-state index in [4.69, 9.17) is 9.47 Å². The van der Waals surface area contributed by atoms with Crippen LogP contribution in [-0.4, -0.2) is 41.2 Å². The standard InChI is InChI=1S/C24H28N4O3/c1-27-15-13-25-23(27)22(19-10-4-5-12-21(19)31-3)26-24(29)28-14-7-11-20(28)17-8-6-9-18(16-17)30-2/h4-6,8-10,12-13,15-16,20,22H,7,11,14H2,1-3H3,(H,26,29). The van der Waals surface area contributed by atoms with Crippen LogP contribution >= 0.6 is 0 Å². The molecule has 0 spiro atoms. The van der Waals surface area contributed by atoms with Gasteiger partial charge in [-0.1, -0.05) is 30.3 Å². The van der Waals surface area contributed by atoms with Crippen molar-refractivity contribution in [2.24, 2.45) is 7.05 Å². The SMILES string of the molecule is COc1cccc(C2CCCN2C(=O)NC(c2ccccc2OC)c2nccn2C)c1. The molecule has 3 aromatic rings. The number of para-hydroxylation sites is 1. The molecule has 0 bridgehead atoms. The van der Waals surface area contributed by atoms with E-state index >= 15 is 0 Å². The number of ether oxygens (including phenoxy) is 2. The van der Waals surface area contributed by atoms with E-state index in [1.54, 1.807) is 20.4 Å². The molecule has 2 atom stereocenters. The van der Waals surface area contributed by atoms with Crippen LogP contribution in [0.2, 0.25) is 0 Å². The van der Waals surface area contributed by atoms with Crippen molar-refractivity contribution in [2.45, 2.75) is 24.9 Å². The van der Waals surface area contributed by atoms with Crippen molar-refractivity contribution in [1.29, 1.82) is 0 Å². The minimum Gasteiger partial charge on any atom is -0.497 e. The molecule has 2 aromatic carbocycles. The van der Waals surface area contributed by atoms with Crippen LogP contribution < -0.4 is 14.8 Å². The molecule has 7 heteroatoms. The first-order valence-electron chi connectivity index (χ1n) is 10.4. The summed E-state index contributed by atoms with van der Waals surface area (Å²) in [6.07, 6.45) is 5.48. The number of nitrogens with zero attached hydrogens (tertiary/aromatic N) is 3. The number of carbonyl (C=O) groups is 1. The van der Waals surface area contributed by atoms with Gasteiger partial charge in [-0.2, -0.15) is 0 Å². The van der Waals surface area contributed by atoms with Gasteiger partial charge in [-0.25, -0.2) is 9.78 Å². The molecule has 31 heavy (non-hydrogen) atoms. The number of methoxy groups -OCH3 is 2. The highest BCUT2D eigenvalue weighted by molar-refractivity contribution is 5.76. The van der Waals surface area contributed by atoms with Crippen molar-refractivity contribution in [2.75, 3.05) is 20.8 Å². The number of likely N-dealkylation sites (tertiary alicyclic amines) is 1. The monoisotopic (exact) mass is 420 g/mol. The van der Waals surface area contributed by atoms with E-state index in [1.165, 1.54) is 0 Å². The minimum atomic E-state index is -0.435. The number of urea groups is 1. The number of rotatable bonds is 6. The number of amides is 2. The third-order valence-electron chi connectivity index (χ3n) is 5.83. The molecule has 0 saturated carbocycles. The Balaban J connectivity index is 1.63. The van der Waals surface area contributed by atoms with Crippen molar-refractivity contribution < 1.29 is 14.3 Å². The van der Waals surface area contributed by atoms with Crippen LogP contribution in [0.4, 0.5) is 4.79 Å². The molecular weight excluding hydrogens is 392 g/mol. The van der Waals surface area contributed by atoms with E-state index in [2.05, 4.69) is 16.4 Å². The molecule has 1 aromatic heterocycles. The average Bonchev–Trinajstić information content (AvgIpc) is 3.47. The van der Waals surface area contributed by atoms with E-state index in [1.807, 2.05) is 65.2 Å². The van der Waals surface area contributed by atoms with Crippen molar-refractivity contribution in [1.82, 2.24) is 19.8 Å². The largest absolute Gasteiger partial charge is 0.497 e. The Morgan fingerprint density at radius 2 is 2.00 bits per heavy atom. The van der Waals surface area contributed by atoms with Crippen molar-refractivity contribution in [3.05, 3.63) is 77.9 Å². The molecule has 162 valence electrons. The summed E-state index contributed by atoms with van der Waals surface area (Å²) in [5.74, 6) is 2.25. The van der Waals surface area contributed by atoms with Gasteiger partial charge in [0.25, 0.3) is 0 Å². The molecule has 1 aliphatic heterocycles. The van der Waals surface area contributed by atoms with Gasteiger partial charge in [0.2, 0.25) is 0 Å². The van der Waals surface area contributed by atoms with Crippen LogP contribution in [0.5, 0.6) is 11.5 Å². The summed E-state index contributed by atoms with van der Waals surface area (Å²) in [6.45, 7) is 0.701. The molecule has 1 saturated heterocycles. The molecule has 7 nitrogen and oxygen atoms in total. The second-order valence-electron chi connectivity index (χ2n) is 7.65.